The number of amides is 1. The van der Waals surface area contributed by atoms with E-state index in [1.54, 1.807) is 0 Å². The first kappa shape index (κ1) is 19.2. The summed E-state index contributed by atoms with van der Waals surface area (Å²) >= 11 is 1.43. The summed E-state index contributed by atoms with van der Waals surface area (Å²) in [6, 6.07) is 18.2. The van der Waals surface area contributed by atoms with Crippen LogP contribution >= 0.6 is 11.8 Å². The summed E-state index contributed by atoms with van der Waals surface area (Å²) in [5.74, 6) is 1.24. The van der Waals surface area contributed by atoms with Crippen molar-refractivity contribution in [3.63, 3.8) is 0 Å². The summed E-state index contributed by atoms with van der Waals surface area (Å²) in [6.07, 6.45) is 0. The smallest absolute Gasteiger partial charge is 0.233 e. The standard InChI is InChI=1S/C21H24N4OS/c1-4-24(5-2)19(26)15-27-21-23-22-20(17-13-11-16(3)12-14-17)25(21)18-9-7-6-8-10-18/h6-14H,4-5,15H2,1-3H3. The highest BCUT2D eigenvalue weighted by atomic mass is 32.2. The van der Waals surface area contributed by atoms with E-state index in [4.69, 9.17) is 0 Å². The molecule has 0 N–H and O–H groups in total. The van der Waals surface area contributed by atoms with Crippen molar-refractivity contribution >= 4 is 17.7 Å². The van der Waals surface area contributed by atoms with Gasteiger partial charge in [-0.2, -0.15) is 0 Å². The Bertz CT molecular complexity index is 886. The zero-order chi connectivity index (χ0) is 19.2. The quantitative estimate of drug-likeness (QED) is 0.576. The topological polar surface area (TPSA) is 51.0 Å². The van der Waals surface area contributed by atoms with E-state index in [0.717, 1.165) is 35.3 Å². The highest BCUT2D eigenvalue weighted by Gasteiger charge is 2.18. The molecule has 0 saturated heterocycles. The van der Waals surface area contributed by atoms with Crippen molar-refractivity contribution in [2.45, 2.75) is 25.9 Å². The van der Waals surface area contributed by atoms with Crippen LogP contribution in [0.2, 0.25) is 0 Å². The normalized spacial score (nSPS) is 10.8. The molecule has 27 heavy (non-hydrogen) atoms. The van der Waals surface area contributed by atoms with E-state index in [0.29, 0.717) is 5.75 Å². The van der Waals surface area contributed by atoms with Gasteiger partial charge in [0.2, 0.25) is 5.91 Å². The van der Waals surface area contributed by atoms with Crippen LogP contribution in [0.1, 0.15) is 19.4 Å². The molecular formula is C21H24N4OS. The van der Waals surface area contributed by atoms with Crippen molar-refractivity contribution in [2.75, 3.05) is 18.8 Å². The molecule has 1 amide bonds. The molecule has 2 aromatic carbocycles. The number of carbonyl (C=O) groups excluding carboxylic acids is 1. The first-order valence-electron chi connectivity index (χ1n) is 9.12. The Hall–Kier alpha value is -2.60. The average molecular weight is 381 g/mol. The Morgan fingerprint density at radius 3 is 2.30 bits per heavy atom. The minimum absolute atomic E-state index is 0.115. The largest absolute Gasteiger partial charge is 0.343 e. The lowest BCUT2D eigenvalue weighted by Crippen LogP contribution is -2.31. The molecule has 0 aliphatic rings. The van der Waals surface area contributed by atoms with Gasteiger partial charge in [-0.05, 0) is 32.9 Å². The van der Waals surface area contributed by atoms with E-state index in [1.807, 2.05) is 65.8 Å². The van der Waals surface area contributed by atoms with Crippen LogP contribution in [0.15, 0.2) is 59.8 Å². The van der Waals surface area contributed by atoms with E-state index < -0.39 is 0 Å². The van der Waals surface area contributed by atoms with Crippen LogP contribution < -0.4 is 0 Å². The van der Waals surface area contributed by atoms with Gasteiger partial charge >= 0.3 is 0 Å². The van der Waals surface area contributed by atoms with Crippen LogP contribution in [0.4, 0.5) is 0 Å². The summed E-state index contributed by atoms with van der Waals surface area (Å²) in [6.45, 7) is 7.49. The van der Waals surface area contributed by atoms with Crippen molar-refractivity contribution in [1.29, 1.82) is 0 Å². The SMILES string of the molecule is CCN(CC)C(=O)CSc1nnc(-c2ccc(C)cc2)n1-c1ccccc1. The fourth-order valence-corrected chi connectivity index (χ4v) is 3.71. The van der Waals surface area contributed by atoms with Crippen LogP contribution in [0.3, 0.4) is 0 Å². The third-order valence-electron chi connectivity index (χ3n) is 4.40. The third kappa shape index (κ3) is 4.39. The molecule has 0 fully saturated rings. The van der Waals surface area contributed by atoms with Gasteiger partial charge in [0.1, 0.15) is 0 Å². The number of benzene rings is 2. The molecule has 3 rings (SSSR count). The fourth-order valence-electron chi connectivity index (χ4n) is 2.86. The highest BCUT2D eigenvalue weighted by Crippen LogP contribution is 2.28. The second kappa shape index (κ2) is 8.86. The number of carbonyl (C=O) groups is 1. The Balaban J connectivity index is 1.95. The lowest BCUT2D eigenvalue weighted by atomic mass is 10.1. The Morgan fingerprint density at radius 2 is 1.67 bits per heavy atom. The van der Waals surface area contributed by atoms with Gasteiger partial charge in [0.15, 0.2) is 11.0 Å². The maximum Gasteiger partial charge on any atom is 0.233 e. The summed E-state index contributed by atoms with van der Waals surface area (Å²) in [5, 5.41) is 9.52. The molecule has 0 aliphatic heterocycles. The minimum atomic E-state index is 0.115. The van der Waals surface area contributed by atoms with E-state index in [1.165, 1.54) is 17.3 Å². The van der Waals surface area contributed by atoms with Crippen molar-refractivity contribution < 1.29 is 4.79 Å². The lowest BCUT2D eigenvalue weighted by molar-refractivity contribution is -0.127. The summed E-state index contributed by atoms with van der Waals surface area (Å²) in [5.41, 5.74) is 3.18. The molecule has 1 heterocycles. The molecule has 0 atom stereocenters. The summed E-state index contributed by atoms with van der Waals surface area (Å²) in [4.78, 5) is 14.2. The highest BCUT2D eigenvalue weighted by molar-refractivity contribution is 7.99. The molecule has 6 heteroatoms. The molecular weight excluding hydrogens is 356 g/mol. The van der Waals surface area contributed by atoms with E-state index in [9.17, 15) is 4.79 Å². The number of thioether (sulfide) groups is 1. The molecule has 0 saturated carbocycles. The number of aryl methyl sites for hydroxylation is 1. The number of hydrogen-bond donors (Lipinski definition) is 0. The molecule has 0 bridgehead atoms. The van der Waals surface area contributed by atoms with Gasteiger partial charge in [0.05, 0.1) is 5.75 Å². The monoisotopic (exact) mass is 380 g/mol. The van der Waals surface area contributed by atoms with Gasteiger partial charge in [-0.25, -0.2) is 0 Å². The zero-order valence-electron chi connectivity index (χ0n) is 15.9. The van der Waals surface area contributed by atoms with Crippen LogP contribution in [0.25, 0.3) is 17.1 Å². The van der Waals surface area contributed by atoms with Crippen LogP contribution in [-0.4, -0.2) is 44.4 Å². The second-order valence-electron chi connectivity index (χ2n) is 6.20. The average Bonchev–Trinajstić information content (AvgIpc) is 3.12. The van der Waals surface area contributed by atoms with Crippen LogP contribution in [0, 0.1) is 6.92 Å². The Morgan fingerprint density at radius 1 is 1.00 bits per heavy atom. The third-order valence-corrected chi connectivity index (χ3v) is 5.31. The van der Waals surface area contributed by atoms with Gasteiger partial charge in [-0.3, -0.25) is 9.36 Å². The Kier molecular flexibility index (Phi) is 6.29. The van der Waals surface area contributed by atoms with Crippen molar-refractivity contribution in [3.05, 3.63) is 60.2 Å². The predicted octanol–water partition coefficient (Wildman–Crippen LogP) is 4.20. The number of rotatable bonds is 7. The Labute approximate surface area is 164 Å². The van der Waals surface area contributed by atoms with Gasteiger partial charge < -0.3 is 4.90 Å². The molecule has 140 valence electrons. The minimum Gasteiger partial charge on any atom is -0.343 e. The van der Waals surface area contributed by atoms with Gasteiger partial charge in [-0.1, -0.05) is 59.8 Å². The summed E-state index contributed by atoms with van der Waals surface area (Å²) < 4.78 is 2.02. The van der Waals surface area contributed by atoms with Gasteiger partial charge in [0.25, 0.3) is 0 Å². The van der Waals surface area contributed by atoms with Crippen molar-refractivity contribution in [3.8, 4) is 17.1 Å². The number of aromatic nitrogens is 3. The van der Waals surface area contributed by atoms with Crippen molar-refractivity contribution in [1.82, 2.24) is 19.7 Å². The predicted molar refractivity (Wildman–Crippen MR) is 110 cm³/mol. The lowest BCUT2D eigenvalue weighted by Gasteiger charge is -2.18. The van der Waals surface area contributed by atoms with Crippen molar-refractivity contribution in [2.24, 2.45) is 0 Å². The molecule has 3 aromatic rings. The first-order valence-corrected chi connectivity index (χ1v) is 10.1. The number of para-hydroxylation sites is 1. The molecule has 0 aliphatic carbocycles. The van der Waals surface area contributed by atoms with E-state index >= 15 is 0 Å². The molecule has 1 aromatic heterocycles. The maximum absolute atomic E-state index is 12.4. The van der Waals surface area contributed by atoms with Crippen LogP contribution in [0.5, 0.6) is 0 Å². The molecule has 0 unspecified atom stereocenters. The summed E-state index contributed by atoms with van der Waals surface area (Å²) in [7, 11) is 0. The van der Waals surface area contributed by atoms with E-state index in [-0.39, 0.29) is 5.91 Å². The van der Waals surface area contributed by atoms with E-state index in [2.05, 4.69) is 29.3 Å². The zero-order valence-corrected chi connectivity index (χ0v) is 16.7. The number of hydrogen-bond acceptors (Lipinski definition) is 4. The molecule has 5 nitrogen and oxygen atoms in total. The molecule has 0 spiro atoms. The second-order valence-corrected chi connectivity index (χ2v) is 7.14. The molecule has 0 radical (unpaired) electrons. The first-order chi connectivity index (χ1) is 13.1. The maximum atomic E-state index is 12.4. The fraction of sp³-hybridized carbons (Fsp3) is 0.286. The van der Waals surface area contributed by atoms with Gasteiger partial charge in [-0.15, -0.1) is 10.2 Å². The van der Waals surface area contributed by atoms with Crippen LogP contribution in [-0.2, 0) is 4.79 Å². The number of nitrogens with zero attached hydrogens (tertiary/aromatic N) is 4. The van der Waals surface area contributed by atoms with Gasteiger partial charge in [0, 0.05) is 24.3 Å².